The smallest absolute Gasteiger partial charge is 0.233 e. The molecular weight excluding hydrogens is 316 g/mol. The molecule has 1 saturated heterocycles. The number of nitrogens with zero attached hydrogens (tertiary/aromatic N) is 4. The molecule has 0 N–H and O–H groups in total. The minimum Gasteiger partial charge on any atom is -0.496 e. The fourth-order valence-corrected chi connectivity index (χ4v) is 3.93. The summed E-state index contributed by atoms with van der Waals surface area (Å²) in [6, 6.07) is 6.40. The summed E-state index contributed by atoms with van der Waals surface area (Å²) in [7, 11) is 1.68. The van der Waals surface area contributed by atoms with E-state index in [-0.39, 0.29) is 17.4 Å². The molecule has 0 radical (unpaired) electrons. The first-order valence-electron chi connectivity index (χ1n) is 8.93. The Morgan fingerprint density at radius 3 is 2.88 bits per heavy atom. The van der Waals surface area contributed by atoms with E-state index in [4.69, 9.17) is 4.74 Å². The van der Waals surface area contributed by atoms with Crippen molar-refractivity contribution < 1.29 is 9.53 Å². The van der Waals surface area contributed by atoms with Gasteiger partial charge in [-0.15, -0.1) is 0 Å². The zero-order chi connectivity index (χ0) is 17.4. The minimum absolute atomic E-state index is 0.226. The maximum absolute atomic E-state index is 13.3. The standard InChI is InChI=1S/C19H24N4O2/c1-14-5-6-15(10-17(14)25-2)19(7-8-19)18(24)22-9-3-4-16(11-22)23-13-20-12-21-23/h5-6,10,12-13,16H,3-4,7-9,11H2,1-2H3/t16-/m1/s1. The van der Waals surface area contributed by atoms with E-state index >= 15 is 0 Å². The molecule has 0 unspecified atom stereocenters. The van der Waals surface area contributed by atoms with Gasteiger partial charge in [-0.3, -0.25) is 4.79 Å². The molecule has 1 atom stereocenters. The van der Waals surface area contributed by atoms with E-state index in [1.807, 2.05) is 22.6 Å². The molecule has 6 nitrogen and oxygen atoms in total. The fraction of sp³-hybridized carbons (Fsp3) is 0.526. The Morgan fingerprint density at radius 1 is 1.36 bits per heavy atom. The van der Waals surface area contributed by atoms with E-state index in [0.717, 1.165) is 49.1 Å². The van der Waals surface area contributed by atoms with Crippen molar-refractivity contribution in [3.63, 3.8) is 0 Å². The van der Waals surface area contributed by atoms with Crippen LogP contribution in [-0.2, 0) is 10.2 Å². The van der Waals surface area contributed by atoms with Gasteiger partial charge in [0, 0.05) is 13.1 Å². The van der Waals surface area contributed by atoms with Crippen molar-refractivity contribution in [2.45, 2.75) is 44.1 Å². The number of aryl methyl sites for hydroxylation is 1. The number of aromatic nitrogens is 3. The normalized spacial score (nSPS) is 21.8. The Labute approximate surface area is 147 Å². The second-order valence-corrected chi connectivity index (χ2v) is 7.19. The number of amides is 1. The Kier molecular flexibility index (Phi) is 3.98. The van der Waals surface area contributed by atoms with Crippen LogP contribution in [0.5, 0.6) is 5.75 Å². The van der Waals surface area contributed by atoms with Crippen molar-refractivity contribution in [1.82, 2.24) is 19.7 Å². The van der Waals surface area contributed by atoms with Crippen LogP contribution < -0.4 is 4.74 Å². The van der Waals surface area contributed by atoms with Gasteiger partial charge in [-0.25, -0.2) is 9.67 Å². The average molecular weight is 340 g/mol. The molecule has 4 rings (SSSR count). The van der Waals surface area contributed by atoms with Crippen LogP contribution in [0.2, 0.25) is 0 Å². The summed E-state index contributed by atoms with van der Waals surface area (Å²) in [5.41, 5.74) is 1.83. The van der Waals surface area contributed by atoms with Crippen molar-refractivity contribution in [2.75, 3.05) is 20.2 Å². The summed E-state index contributed by atoms with van der Waals surface area (Å²) < 4.78 is 7.34. The Balaban J connectivity index is 1.55. The molecular formula is C19H24N4O2. The van der Waals surface area contributed by atoms with Crippen LogP contribution in [0.15, 0.2) is 30.9 Å². The topological polar surface area (TPSA) is 60.2 Å². The lowest BCUT2D eigenvalue weighted by atomic mass is 9.92. The molecule has 0 bridgehead atoms. The van der Waals surface area contributed by atoms with E-state index in [2.05, 4.69) is 22.2 Å². The third-order valence-corrected chi connectivity index (χ3v) is 5.61. The molecule has 6 heteroatoms. The number of carbonyl (C=O) groups excluding carboxylic acids is 1. The number of likely N-dealkylation sites (tertiary alicyclic amines) is 1. The van der Waals surface area contributed by atoms with Gasteiger partial charge in [0.1, 0.15) is 18.4 Å². The van der Waals surface area contributed by atoms with Gasteiger partial charge in [-0.1, -0.05) is 12.1 Å². The first-order valence-corrected chi connectivity index (χ1v) is 8.93. The van der Waals surface area contributed by atoms with Crippen molar-refractivity contribution in [1.29, 1.82) is 0 Å². The monoisotopic (exact) mass is 340 g/mol. The Morgan fingerprint density at radius 2 is 2.20 bits per heavy atom. The summed E-state index contributed by atoms with van der Waals surface area (Å²) in [5, 5.41) is 4.25. The zero-order valence-electron chi connectivity index (χ0n) is 14.8. The van der Waals surface area contributed by atoms with Crippen LogP contribution >= 0.6 is 0 Å². The Hall–Kier alpha value is -2.37. The predicted octanol–water partition coefficient (Wildman–Crippen LogP) is 2.49. The number of benzene rings is 1. The lowest BCUT2D eigenvalue weighted by Gasteiger charge is -2.35. The molecule has 1 aliphatic heterocycles. The van der Waals surface area contributed by atoms with E-state index in [9.17, 15) is 4.79 Å². The van der Waals surface area contributed by atoms with E-state index in [1.54, 1.807) is 19.8 Å². The lowest BCUT2D eigenvalue weighted by Crippen LogP contribution is -2.45. The second kappa shape index (κ2) is 6.17. The third kappa shape index (κ3) is 2.79. The third-order valence-electron chi connectivity index (χ3n) is 5.61. The highest BCUT2D eigenvalue weighted by atomic mass is 16.5. The van der Waals surface area contributed by atoms with Gasteiger partial charge in [0.05, 0.1) is 18.6 Å². The van der Waals surface area contributed by atoms with Crippen LogP contribution in [0, 0.1) is 6.92 Å². The number of rotatable bonds is 4. The van der Waals surface area contributed by atoms with Crippen LogP contribution in [0.1, 0.15) is 42.9 Å². The van der Waals surface area contributed by atoms with E-state index in [0.29, 0.717) is 6.54 Å². The first kappa shape index (κ1) is 16.1. The molecule has 1 saturated carbocycles. The molecule has 0 spiro atoms. The molecule has 2 heterocycles. The summed E-state index contributed by atoms with van der Waals surface area (Å²) >= 11 is 0. The molecule has 2 aromatic rings. The van der Waals surface area contributed by atoms with E-state index in [1.165, 1.54) is 0 Å². The van der Waals surface area contributed by atoms with Crippen LogP contribution in [-0.4, -0.2) is 45.8 Å². The largest absolute Gasteiger partial charge is 0.496 e. The second-order valence-electron chi connectivity index (χ2n) is 7.19. The maximum Gasteiger partial charge on any atom is 0.233 e. The van der Waals surface area contributed by atoms with Gasteiger partial charge in [0.2, 0.25) is 5.91 Å². The highest BCUT2D eigenvalue weighted by Gasteiger charge is 2.53. The number of ether oxygens (including phenoxy) is 1. The minimum atomic E-state index is -0.356. The first-order chi connectivity index (χ1) is 12.1. The zero-order valence-corrected chi connectivity index (χ0v) is 14.8. The van der Waals surface area contributed by atoms with Crippen molar-refractivity contribution in [3.8, 4) is 5.75 Å². The van der Waals surface area contributed by atoms with Crippen LogP contribution in [0.25, 0.3) is 0 Å². The summed E-state index contributed by atoms with van der Waals surface area (Å²) in [6.07, 6.45) is 7.19. The Bertz CT molecular complexity index is 768. The molecule has 2 fully saturated rings. The molecule has 1 aromatic carbocycles. The van der Waals surface area contributed by atoms with Gasteiger partial charge < -0.3 is 9.64 Å². The van der Waals surface area contributed by atoms with Crippen LogP contribution in [0.3, 0.4) is 0 Å². The fourth-order valence-electron chi connectivity index (χ4n) is 3.93. The van der Waals surface area contributed by atoms with Gasteiger partial charge in [0.25, 0.3) is 0 Å². The predicted molar refractivity (Wildman–Crippen MR) is 93.5 cm³/mol. The molecule has 25 heavy (non-hydrogen) atoms. The number of hydrogen-bond donors (Lipinski definition) is 0. The molecule has 1 aromatic heterocycles. The number of carbonyl (C=O) groups is 1. The average Bonchev–Trinajstić information content (AvgIpc) is 3.27. The van der Waals surface area contributed by atoms with Crippen LogP contribution in [0.4, 0.5) is 0 Å². The van der Waals surface area contributed by atoms with Crippen molar-refractivity contribution >= 4 is 5.91 Å². The van der Waals surface area contributed by atoms with Gasteiger partial charge in [0.15, 0.2) is 0 Å². The molecule has 1 amide bonds. The molecule has 2 aliphatic rings. The van der Waals surface area contributed by atoms with Crippen molar-refractivity contribution in [2.24, 2.45) is 0 Å². The SMILES string of the molecule is COc1cc(C2(C(=O)N3CCC[C@@H](n4cncn4)C3)CC2)ccc1C. The molecule has 1 aliphatic carbocycles. The van der Waals surface area contributed by atoms with Gasteiger partial charge >= 0.3 is 0 Å². The van der Waals surface area contributed by atoms with Gasteiger partial charge in [-0.05, 0) is 49.8 Å². The summed E-state index contributed by atoms with van der Waals surface area (Å²) in [5.74, 6) is 1.11. The van der Waals surface area contributed by atoms with Gasteiger partial charge in [-0.2, -0.15) is 5.10 Å². The molecule has 132 valence electrons. The summed E-state index contributed by atoms with van der Waals surface area (Å²) in [6.45, 7) is 3.57. The highest BCUT2D eigenvalue weighted by molar-refractivity contribution is 5.91. The quantitative estimate of drug-likeness (QED) is 0.858. The summed E-state index contributed by atoms with van der Waals surface area (Å²) in [4.78, 5) is 19.4. The highest BCUT2D eigenvalue weighted by Crippen LogP contribution is 2.51. The number of methoxy groups -OCH3 is 1. The van der Waals surface area contributed by atoms with E-state index < -0.39 is 0 Å². The number of hydrogen-bond acceptors (Lipinski definition) is 4. The number of piperidine rings is 1. The maximum atomic E-state index is 13.3. The lowest BCUT2D eigenvalue weighted by molar-refractivity contribution is -0.135. The van der Waals surface area contributed by atoms with Crippen molar-refractivity contribution in [3.05, 3.63) is 42.0 Å².